The van der Waals surface area contributed by atoms with Gasteiger partial charge in [-0.1, -0.05) is 11.6 Å². The van der Waals surface area contributed by atoms with Gasteiger partial charge in [0.1, 0.15) is 0 Å². The van der Waals surface area contributed by atoms with Crippen LogP contribution >= 0.6 is 11.6 Å². The molecule has 6 heteroatoms. The molecule has 5 nitrogen and oxygen atoms in total. The van der Waals surface area contributed by atoms with Gasteiger partial charge in [-0.25, -0.2) is 0 Å². The van der Waals surface area contributed by atoms with Crippen LogP contribution in [-0.2, 0) is 14.3 Å². The Labute approximate surface area is 129 Å². The lowest BCUT2D eigenvalue weighted by molar-refractivity contribution is -0.134. The van der Waals surface area contributed by atoms with Crippen molar-refractivity contribution < 1.29 is 14.3 Å². The Morgan fingerprint density at radius 1 is 1.38 bits per heavy atom. The average Bonchev–Trinajstić information content (AvgIpc) is 2.93. The van der Waals surface area contributed by atoms with Crippen molar-refractivity contribution in [3.05, 3.63) is 29.3 Å². The lowest BCUT2D eigenvalue weighted by Crippen LogP contribution is -2.41. The first-order chi connectivity index (χ1) is 10.0. The van der Waals surface area contributed by atoms with Crippen LogP contribution in [0, 0.1) is 0 Å². The zero-order chi connectivity index (χ0) is 15.2. The highest BCUT2D eigenvalue weighted by Gasteiger charge is 2.22. The SMILES string of the molecule is CC(=O)N(CC(=O)Nc1ccc(Cl)cc1)CC1CCCO1. The Bertz CT molecular complexity index is 498. The van der Waals surface area contributed by atoms with E-state index in [0.29, 0.717) is 17.3 Å². The van der Waals surface area contributed by atoms with E-state index in [4.69, 9.17) is 16.3 Å². The summed E-state index contributed by atoms with van der Waals surface area (Å²) in [6, 6.07) is 6.84. The Hall–Kier alpha value is -1.59. The molecule has 0 radical (unpaired) electrons. The molecule has 114 valence electrons. The maximum absolute atomic E-state index is 12.0. The molecule has 1 aliphatic heterocycles. The Kier molecular flexibility index (Phi) is 5.59. The molecule has 1 aromatic carbocycles. The van der Waals surface area contributed by atoms with Crippen molar-refractivity contribution in [3.63, 3.8) is 0 Å². The highest BCUT2D eigenvalue weighted by molar-refractivity contribution is 6.30. The number of hydrogen-bond acceptors (Lipinski definition) is 3. The summed E-state index contributed by atoms with van der Waals surface area (Å²) in [6.45, 7) is 2.68. The molecule has 0 bridgehead atoms. The number of anilines is 1. The van der Waals surface area contributed by atoms with Crippen LogP contribution in [0.15, 0.2) is 24.3 Å². The van der Waals surface area contributed by atoms with E-state index in [2.05, 4.69) is 5.32 Å². The van der Waals surface area contributed by atoms with Gasteiger partial charge < -0.3 is 15.0 Å². The number of amides is 2. The molecule has 1 heterocycles. The summed E-state index contributed by atoms with van der Waals surface area (Å²) in [7, 11) is 0. The van der Waals surface area contributed by atoms with Crippen molar-refractivity contribution in [3.8, 4) is 0 Å². The summed E-state index contributed by atoms with van der Waals surface area (Å²) in [4.78, 5) is 25.2. The second-order valence-electron chi connectivity index (χ2n) is 5.09. The minimum atomic E-state index is -0.231. The maximum atomic E-state index is 12.0. The highest BCUT2D eigenvalue weighted by Crippen LogP contribution is 2.15. The Morgan fingerprint density at radius 3 is 2.67 bits per heavy atom. The largest absolute Gasteiger partial charge is 0.376 e. The van der Waals surface area contributed by atoms with Crippen LogP contribution in [0.4, 0.5) is 5.69 Å². The van der Waals surface area contributed by atoms with E-state index in [9.17, 15) is 9.59 Å². The lowest BCUT2D eigenvalue weighted by Gasteiger charge is -2.23. The first-order valence-corrected chi connectivity index (χ1v) is 7.35. The van der Waals surface area contributed by atoms with Gasteiger partial charge in [-0.2, -0.15) is 0 Å². The number of hydrogen-bond donors (Lipinski definition) is 1. The van der Waals surface area contributed by atoms with Gasteiger partial charge in [-0.3, -0.25) is 9.59 Å². The molecule has 21 heavy (non-hydrogen) atoms. The molecule has 0 saturated carbocycles. The van der Waals surface area contributed by atoms with Crippen molar-refractivity contribution in [1.82, 2.24) is 4.90 Å². The normalized spacial score (nSPS) is 17.5. The zero-order valence-corrected chi connectivity index (χ0v) is 12.7. The van der Waals surface area contributed by atoms with Crippen molar-refractivity contribution in [2.24, 2.45) is 0 Å². The second-order valence-corrected chi connectivity index (χ2v) is 5.53. The second kappa shape index (κ2) is 7.43. The van der Waals surface area contributed by atoms with Crippen molar-refractivity contribution in [1.29, 1.82) is 0 Å². The number of ether oxygens (including phenoxy) is 1. The maximum Gasteiger partial charge on any atom is 0.243 e. The molecule has 1 unspecified atom stereocenters. The molecule has 1 atom stereocenters. The van der Waals surface area contributed by atoms with Gasteiger partial charge in [-0.15, -0.1) is 0 Å². The van der Waals surface area contributed by atoms with Gasteiger partial charge in [0.25, 0.3) is 0 Å². The molecule has 0 aliphatic carbocycles. The standard InChI is InChI=1S/C15H19ClN2O3/c1-11(19)18(9-14-3-2-8-21-14)10-15(20)17-13-6-4-12(16)5-7-13/h4-7,14H,2-3,8-10H2,1H3,(H,17,20). The summed E-state index contributed by atoms with van der Waals surface area (Å²) >= 11 is 5.79. The Balaban J connectivity index is 1.88. The number of nitrogens with zero attached hydrogens (tertiary/aromatic N) is 1. The molecule has 0 spiro atoms. The molecule has 2 amide bonds. The molecule has 1 fully saturated rings. The first kappa shape index (κ1) is 15.8. The summed E-state index contributed by atoms with van der Waals surface area (Å²) in [5.74, 6) is -0.359. The highest BCUT2D eigenvalue weighted by atomic mass is 35.5. The molecule has 1 saturated heterocycles. The molecular formula is C15H19ClN2O3. The summed E-state index contributed by atoms with van der Waals surface area (Å²) in [5.41, 5.74) is 0.657. The minimum Gasteiger partial charge on any atom is -0.376 e. The first-order valence-electron chi connectivity index (χ1n) is 6.97. The smallest absolute Gasteiger partial charge is 0.243 e. The number of carbonyl (C=O) groups excluding carboxylic acids is 2. The monoisotopic (exact) mass is 310 g/mol. The predicted molar refractivity (Wildman–Crippen MR) is 81.3 cm³/mol. The van der Waals surface area contributed by atoms with E-state index in [1.54, 1.807) is 24.3 Å². The fourth-order valence-electron chi connectivity index (χ4n) is 2.25. The van der Waals surface area contributed by atoms with Gasteiger partial charge in [0.05, 0.1) is 12.6 Å². The predicted octanol–water partition coefficient (Wildman–Crippen LogP) is 2.31. The van der Waals surface area contributed by atoms with Crippen LogP contribution in [0.2, 0.25) is 5.02 Å². The quantitative estimate of drug-likeness (QED) is 0.908. The third-order valence-electron chi connectivity index (χ3n) is 3.36. The van der Waals surface area contributed by atoms with E-state index in [-0.39, 0.29) is 24.5 Å². The minimum absolute atomic E-state index is 0.0256. The number of benzene rings is 1. The third kappa shape index (κ3) is 5.02. The van der Waals surface area contributed by atoms with E-state index in [1.807, 2.05) is 0 Å². The number of nitrogens with one attached hydrogen (secondary N) is 1. The molecule has 2 rings (SSSR count). The van der Waals surface area contributed by atoms with Crippen LogP contribution in [0.3, 0.4) is 0 Å². The van der Waals surface area contributed by atoms with Gasteiger partial charge in [-0.05, 0) is 37.1 Å². The van der Waals surface area contributed by atoms with Gasteiger partial charge in [0.15, 0.2) is 0 Å². The van der Waals surface area contributed by atoms with Crippen LogP contribution < -0.4 is 5.32 Å². The van der Waals surface area contributed by atoms with Gasteiger partial charge >= 0.3 is 0 Å². The zero-order valence-electron chi connectivity index (χ0n) is 12.0. The molecule has 1 aromatic rings. The van der Waals surface area contributed by atoms with Crippen molar-refractivity contribution >= 4 is 29.1 Å². The van der Waals surface area contributed by atoms with Crippen LogP contribution in [-0.4, -0.2) is 42.5 Å². The van der Waals surface area contributed by atoms with E-state index >= 15 is 0 Å². The molecule has 1 N–H and O–H groups in total. The third-order valence-corrected chi connectivity index (χ3v) is 3.61. The number of carbonyl (C=O) groups is 2. The number of halogens is 1. The lowest BCUT2D eigenvalue weighted by atomic mass is 10.2. The van der Waals surface area contributed by atoms with Crippen LogP contribution in [0.5, 0.6) is 0 Å². The summed E-state index contributed by atoms with van der Waals surface area (Å²) < 4.78 is 5.51. The van der Waals surface area contributed by atoms with Crippen LogP contribution in [0.1, 0.15) is 19.8 Å². The van der Waals surface area contributed by atoms with Crippen LogP contribution in [0.25, 0.3) is 0 Å². The van der Waals surface area contributed by atoms with Crippen molar-refractivity contribution in [2.45, 2.75) is 25.9 Å². The summed E-state index contributed by atoms with van der Waals surface area (Å²) in [6.07, 6.45) is 1.98. The van der Waals surface area contributed by atoms with E-state index in [1.165, 1.54) is 11.8 Å². The summed E-state index contributed by atoms with van der Waals surface area (Å²) in [5, 5.41) is 3.36. The topological polar surface area (TPSA) is 58.6 Å². The number of rotatable bonds is 5. The average molecular weight is 311 g/mol. The fraction of sp³-hybridized carbons (Fsp3) is 0.467. The fourth-order valence-corrected chi connectivity index (χ4v) is 2.37. The molecule has 0 aromatic heterocycles. The van der Waals surface area contributed by atoms with E-state index in [0.717, 1.165) is 19.4 Å². The van der Waals surface area contributed by atoms with Gasteiger partial charge in [0.2, 0.25) is 11.8 Å². The van der Waals surface area contributed by atoms with E-state index < -0.39 is 0 Å². The Morgan fingerprint density at radius 2 is 2.10 bits per heavy atom. The van der Waals surface area contributed by atoms with Crippen molar-refractivity contribution in [2.75, 3.05) is 25.0 Å². The molecule has 1 aliphatic rings. The molecular weight excluding hydrogens is 292 g/mol. The van der Waals surface area contributed by atoms with Gasteiger partial charge in [0, 0.05) is 30.8 Å².